The van der Waals surface area contributed by atoms with Crippen LogP contribution in [0.1, 0.15) is 5.56 Å². The molecule has 0 spiro atoms. The van der Waals surface area contributed by atoms with Crippen molar-refractivity contribution in [2.24, 2.45) is 0 Å². The smallest absolute Gasteiger partial charge is 0.0543 e. The Hall–Kier alpha value is -5.08. The number of fused-ring (bicyclic) bond motifs is 6. The summed E-state index contributed by atoms with van der Waals surface area (Å²) >= 11 is 0. The molecule has 0 N–H and O–H groups in total. The van der Waals surface area contributed by atoms with E-state index < -0.39 is 0 Å². The van der Waals surface area contributed by atoms with Crippen LogP contribution in [-0.4, -0.2) is 9.13 Å². The minimum Gasteiger partial charge on any atom is -0.309 e. The maximum absolute atomic E-state index is 2.38. The number of benzene rings is 6. The number of aryl methyl sites for hydroxylation is 1. The lowest BCUT2D eigenvalue weighted by atomic mass is 10.0. The summed E-state index contributed by atoms with van der Waals surface area (Å²) in [7, 11) is 0. The predicted molar refractivity (Wildman–Crippen MR) is 165 cm³/mol. The average Bonchev–Trinajstić information content (AvgIpc) is 3.51. The normalized spacial score (nSPS) is 11.7. The first kappa shape index (κ1) is 22.0. The second-order valence-electron chi connectivity index (χ2n) is 10.3. The van der Waals surface area contributed by atoms with Crippen molar-refractivity contribution in [1.82, 2.24) is 9.13 Å². The largest absolute Gasteiger partial charge is 0.309 e. The number of hydrogen-bond donors (Lipinski definition) is 0. The summed E-state index contributed by atoms with van der Waals surface area (Å²) in [4.78, 5) is 0. The fourth-order valence-electron chi connectivity index (χ4n) is 6.28. The van der Waals surface area contributed by atoms with Crippen LogP contribution in [0.5, 0.6) is 0 Å². The van der Waals surface area contributed by atoms with Crippen molar-refractivity contribution in [2.75, 3.05) is 0 Å². The second kappa shape index (κ2) is 8.47. The molecule has 2 aromatic heterocycles. The Morgan fingerprint density at radius 1 is 0.359 bits per heavy atom. The summed E-state index contributed by atoms with van der Waals surface area (Å²) in [5.74, 6) is 0. The predicted octanol–water partition coefficient (Wildman–Crippen LogP) is 9.86. The lowest BCUT2D eigenvalue weighted by molar-refractivity contribution is 1.18. The van der Waals surface area contributed by atoms with Gasteiger partial charge in [0.05, 0.1) is 22.1 Å². The highest BCUT2D eigenvalue weighted by atomic mass is 15.0. The summed E-state index contributed by atoms with van der Waals surface area (Å²) in [5.41, 5.74) is 11.0. The van der Waals surface area contributed by atoms with E-state index in [0.717, 1.165) is 0 Å². The first-order valence-electron chi connectivity index (χ1n) is 13.5. The molecule has 184 valence electrons. The van der Waals surface area contributed by atoms with Crippen LogP contribution in [-0.2, 0) is 0 Å². The van der Waals surface area contributed by atoms with Crippen LogP contribution in [0.2, 0.25) is 0 Å². The van der Waals surface area contributed by atoms with Crippen molar-refractivity contribution in [3.63, 3.8) is 0 Å². The Kier molecular flexibility index (Phi) is 4.77. The Morgan fingerprint density at radius 3 is 1.31 bits per heavy atom. The Bertz CT molecular complexity index is 2100. The van der Waals surface area contributed by atoms with Gasteiger partial charge < -0.3 is 9.13 Å². The maximum atomic E-state index is 2.38. The van der Waals surface area contributed by atoms with E-state index in [9.17, 15) is 0 Å². The highest BCUT2D eigenvalue weighted by Crippen LogP contribution is 2.35. The molecule has 0 unspecified atom stereocenters. The van der Waals surface area contributed by atoms with Gasteiger partial charge in [-0.3, -0.25) is 0 Å². The number of para-hydroxylation sites is 3. The molecular weight excluding hydrogens is 472 g/mol. The molecule has 6 aromatic carbocycles. The molecule has 2 heterocycles. The first-order valence-corrected chi connectivity index (χ1v) is 13.5. The van der Waals surface area contributed by atoms with E-state index in [1.165, 1.54) is 71.7 Å². The van der Waals surface area contributed by atoms with E-state index in [4.69, 9.17) is 0 Å². The molecule has 2 nitrogen and oxygen atoms in total. The molecule has 8 rings (SSSR count). The zero-order valence-corrected chi connectivity index (χ0v) is 21.7. The SMILES string of the molecule is Cc1cccc2c1c1ccccc1n2-c1ccc(-c2ccc(-n3c4ccccc4c4ccccc43)cc2)cc1. The molecule has 0 aliphatic heterocycles. The van der Waals surface area contributed by atoms with Crippen LogP contribution < -0.4 is 0 Å². The van der Waals surface area contributed by atoms with Crippen LogP contribution in [0.25, 0.3) is 66.1 Å². The number of rotatable bonds is 3. The monoisotopic (exact) mass is 498 g/mol. The summed E-state index contributed by atoms with van der Waals surface area (Å²) in [6.07, 6.45) is 0. The molecule has 0 atom stereocenters. The van der Waals surface area contributed by atoms with Gasteiger partial charge in [-0.05, 0) is 72.1 Å². The number of nitrogens with zero attached hydrogens (tertiary/aromatic N) is 2. The number of hydrogen-bond acceptors (Lipinski definition) is 0. The van der Waals surface area contributed by atoms with Gasteiger partial charge in [0, 0.05) is 32.9 Å². The van der Waals surface area contributed by atoms with Crippen molar-refractivity contribution in [3.05, 3.63) is 145 Å². The van der Waals surface area contributed by atoms with Gasteiger partial charge in [-0.25, -0.2) is 0 Å². The van der Waals surface area contributed by atoms with E-state index in [-0.39, 0.29) is 0 Å². The summed E-state index contributed by atoms with van der Waals surface area (Å²) in [6.45, 7) is 2.20. The standard InChI is InChI=1S/C37H26N2/c1-25-9-8-16-36-37(25)32-12-4-7-15-35(32)39(36)29-23-19-27(20-24-29)26-17-21-28(22-18-26)38-33-13-5-2-10-30(33)31-11-3-6-14-34(31)38/h2-24H,1H3. The van der Waals surface area contributed by atoms with Crippen molar-refractivity contribution in [3.8, 4) is 22.5 Å². The first-order chi connectivity index (χ1) is 19.3. The Morgan fingerprint density at radius 2 is 0.769 bits per heavy atom. The van der Waals surface area contributed by atoms with Gasteiger partial charge in [-0.2, -0.15) is 0 Å². The third kappa shape index (κ3) is 3.28. The minimum atomic E-state index is 1.17. The third-order valence-corrected chi connectivity index (χ3v) is 8.07. The van der Waals surface area contributed by atoms with Gasteiger partial charge in [-0.1, -0.05) is 91.0 Å². The van der Waals surface area contributed by atoms with Crippen LogP contribution in [0.4, 0.5) is 0 Å². The molecule has 0 aliphatic rings. The van der Waals surface area contributed by atoms with Crippen molar-refractivity contribution in [1.29, 1.82) is 0 Å². The van der Waals surface area contributed by atoms with E-state index >= 15 is 0 Å². The fraction of sp³-hybridized carbons (Fsp3) is 0.0270. The zero-order chi connectivity index (χ0) is 25.9. The quantitative estimate of drug-likeness (QED) is 0.229. The fourth-order valence-corrected chi connectivity index (χ4v) is 6.28. The van der Waals surface area contributed by atoms with Gasteiger partial charge in [0.15, 0.2) is 0 Å². The summed E-state index contributed by atoms with van der Waals surface area (Å²) < 4.78 is 4.74. The zero-order valence-electron chi connectivity index (χ0n) is 21.7. The molecule has 0 saturated heterocycles. The van der Waals surface area contributed by atoms with E-state index in [2.05, 4.69) is 156 Å². The van der Waals surface area contributed by atoms with E-state index in [1.54, 1.807) is 0 Å². The van der Waals surface area contributed by atoms with E-state index in [0.29, 0.717) is 0 Å². The molecule has 0 saturated carbocycles. The highest BCUT2D eigenvalue weighted by Gasteiger charge is 2.14. The Labute approximate surface area is 227 Å². The Balaban J connectivity index is 1.20. The van der Waals surface area contributed by atoms with Crippen molar-refractivity contribution < 1.29 is 0 Å². The van der Waals surface area contributed by atoms with Gasteiger partial charge in [0.1, 0.15) is 0 Å². The molecule has 39 heavy (non-hydrogen) atoms. The van der Waals surface area contributed by atoms with Crippen LogP contribution >= 0.6 is 0 Å². The molecule has 2 heteroatoms. The van der Waals surface area contributed by atoms with Crippen LogP contribution in [0.15, 0.2) is 140 Å². The van der Waals surface area contributed by atoms with Crippen LogP contribution in [0.3, 0.4) is 0 Å². The molecule has 0 bridgehead atoms. The van der Waals surface area contributed by atoms with Gasteiger partial charge in [0.25, 0.3) is 0 Å². The van der Waals surface area contributed by atoms with Gasteiger partial charge in [0.2, 0.25) is 0 Å². The molecule has 0 radical (unpaired) electrons. The molecule has 0 amide bonds. The topological polar surface area (TPSA) is 9.86 Å². The second-order valence-corrected chi connectivity index (χ2v) is 10.3. The summed E-state index contributed by atoms with van der Waals surface area (Å²) in [5, 5.41) is 5.20. The number of aromatic nitrogens is 2. The van der Waals surface area contributed by atoms with E-state index in [1.807, 2.05) is 0 Å². The summed E-state index contributed by atoms with van der Waals surface area (Å²) in [6, 6.07) is 50.5. The highest BCUT2D eigenvalue weighted by molar-refractivity contribution is 6.11. The third-order valence-electron chi connectivity index (χ3n) is 8.07. The maximum Gasteiger partial charge on any atom is 0.0543 e. The van der Waals surface area contributed by atoms with Crippen LogP contribution in [0, 0.1) is 6.92 Å². The average molecular weight is 499 g/mol. The molecule has 8 aromatic rings. The van der Waals surface area contributed by atoms with Gasteiger partial charge in [-0.15, -0.1) is 0 Å². The molecule has 0 fully saturated rings. The molecular formula is C37H26N2. The minimum absolute atomic E-state index is 1.17. The lowest BCUT2D eigenvalue weighted by Gasteiger charge is -2.11. The van der Waals surface area contributed by atoms with Crippen molar-refractivity contribution in [2.45, 2.75) is 6.92 Å². The molecule has 0 aliphatic carbocycles. The van der Waals surface area contributed by atoms with Gasteiger partial charge >= 0.3 is 0 Å². The lowest BCUT2D eigenvalue weighted by Crippen LogP contribution is -1.94. The van der Waals surface area contributed by atoms with Crippen molar-refractivity contribution >= 4 is 43.6 Å².